The molecule has 1 aliphatic carbocycles. The summed E-state index contributed by atoms with van der Waals surface area (Å²) in [6, 6.07) is 7.94. The van der Waals surface area contributed by atoms with E-state index >= 15 is 0 Å². The van der Waals surface area contributed by atoms with E-state index in [0.29, 0.717) is 29.4 Å². The van der Waals surface area contributed by atoms with Crippen molar-refractivity contribution in [3.63, 3.8) is 0 Å². The summed E-state index contributed by atoms with van der Waals surface area (Å²) in [5.74, 6) is 0.615. The van der Waals surface area contributed by atoms with Crippen LogP contribution in [0.1, 0.15) is 6.42 Å². The van der Waals surface area contributed by atoms with Gasteiger partial charge in [-0.1, -0.05) is 18.2 Å². The van der Waals surface area contributed by atoms with E-state index in [9.17, 15) is 14.0 Å². The molecule has 1 heterocycles. The monoisotopic (exact) mass is 415 g/mol. The van der Waals surface area contributed by atoms with Gasteiger partial charge in [-0.25, -0.2) is 9.18 Å². The molecule has 0 fully saturated rings. The van der Waals surface area contributed by atoms with Gasteiger partial charge in [0.25, 0.3) is 5.56 Å². The lowest BCUT2D eigenvalue weighted by Gasteiger charge is -2.14. The van der Waals surface area contributed by atoms with Crippen LogP contribution in [-0.4, -0.2) is 44.1 Å². The maximum absolute atomic E-state index is 13.1. The Balaban J connectivity index is 1.72. The lowest BCUT2D eigenvalue weighted by Crippen LogP contribution is -2.17. The third-order valence-electron chi connectivity index (χ3n) is 4.42. The highest BCUT2D eigenvalue weighted by molar-refractivity contribution is 5.71. The Hall–Kier alpha value is -3.55. The minimum atomic E-state index is -0.952. The van der Waals surface area contributed by atoms with Crippen molar-refractivity contribution in [3.8, 4) is 22.9 Å². The zero-order valence-electron chi connectivity index (χ0n) is 16.7. The molecule has 8 heteroatoms. The summed E-state index contributed by atoms with van der Waals surface area (Å²) in [5, 5.41) is 0. The van der Waals surface area contributed by atoms with Gasteiger partial charge in [0, 0.05) is 24.8 Å². The summed E-state index contributed by atoms with van der Waals surface area (Å²) in [7, 11) is 2.73. The van der Waals surface area contributed by atoms with E-state index in [0.717, 1.165) is 5.57 Å². The Bertz CT molecular complexity index is 1030. The van der Waals surface area contributed by atoms with Gasteiger partial charge >= 0.3 is 5.97 Å². The molecule has 1 aliphatic rings. The first-order valence-corrected chi connectivity index (χ1v) is 9.25. The van der Waals surface area contributed by atoms with Crippen molar-refractivity contribution in [1.29, 1.82) is 0 Å². The number of hydrogen-bond acceptors (Lipinski definition) is 6. The van der Waals surface area contributed by atoms with Gasteiger partial charge in [0.2, 0.25) is 0 Å². The second-order valence-electron chi connectivity index (χ2n) is 6.45. The molecular formula is C22H22FNO6. The first kappa shape index (κ1) is 21.2. The number of esters is 1. The molecule has 0 saturated heterocycles. The van der Waals surface area contributed by atoms with Gasteiger partial charge < -0.3 is 18.9 Å². The van der Waals surface area contributed by atoms with Crippen LogP contribution in [0, 0.1) is 0 Å². The Morgan fingerprint density at radius 1 is 1.17 bits per heavy atom. The topological polar surface area (TPSA) is 76.0 Å². The standard InChI is InChI=1S/C22H22FNO6/c1-27-20-11-17(7-8-19(20)30-14-22(26)28-2)24-10-9-18(12-21(24)25)29-13-15-3-5-16(23)6-4-15/h3-5,7-12,16H,6,13-14H2,1-2H3. The van der Waals surface area contributed by atoms with Crippen molar-refractivity contribution in [2.24, 2.45) is 0 Å². The molecule has 0 saturated carbocycles. The molecule has 0 spiro atoms. The van der Waals surface area contributed by atoms with E-state index in [1.165, 1.54) is 30.9 Å². The van der Waals surface area contributed by atoms with Crippen molar-refractivity contribution in [2.45, 2.75) is 12.6 Å². The Labute approximate surface area is 172 Å². The number of allylic oxidation sites excluding steroid dienone is 2. The molecule has 7 nitrogen and oxygen atoms in total. The van der Waals surface area contributed by atoms with Crippen molar-refractivity contribution in [2.75, 3.05) is 27.4 Å². The van der Waals surface area contributed by atoms with Crippen molar-refractivity contribution in [3.05, 3.63) is 70.7 Å². The van der Waals surface area contributed by atoms with Crippen LogP contribution in [0.5, 0.6) is 17.2 Å². The molecule has 30 heavy (non-hydrogen) atoms. The number of carbonyl (C=O) groups excluding carboxylic acids is 1. The SMILES string of the molecule is COC(=O)COc1ccc(-n2ccc(OCC3=CCC(F)C=C3)cc2=O)cc1OC. The number of alkyl halides is 1. The predicted octanol–water partition coefficient (Wildman–Crippen LogP) is 3.00. The molecule has 0 bridgehead atoms. The average Bonchev–Trinajstić information content (AvgIpc) is 2.77. The number of aromatic nitrogens is 1. The number of pyridine rings is 1. The molecule has 0 amide bonds. The molecular weight excluding hydrogens is 393 g/mol. The summed E-state index contributed by atoms with van der Waals surface area (Å²) >= 11 is 0. The van der Waals surface area contributed by atoms with Crippen molar-refractivity contribution < 1.29 is 28.1 Å². The highest BCUT2D eigenvalue weighted by atomic mass is 19.1. The predicted molar refractivity (Wildman–Crippen MR) is 108 cm³/mol. The quantitative estimate of drug-likeness (QED) is 0.617. The molecule has 1 atom stereocenters. The number of halogens is 1. The van der Waals surface area contributed by atoms with Crippen molar-refractivity contribution in [1.82, 2.24) is 4.57 Å². The largest absolute Gasteiger partial charge is 0.493 e. The van der Waals surface area contributed by atoms with Gasteiger partial charge in [0.05, 0.1) is 19.9 Å². The summed E-state index contributed by atoms with van der Waals surface area (Å²) in [4.78, 5) is 23.8. The van der Waals surface area contributed by atoms with Gasteiger partial charge in [-0.05, 0) is 23.8 Å². The van der Waals surface area contributed by atoms with E-state index in [1.54, 1.807) is 42.6 Å². The maximum Gasteiger partial charge on any atom is 0.343 e. The fraction of sp³-hybridized carbons (Fsp3) is 0.273. The number of methoxy groups -OCH3 is 2. The Morgan fingerprint density at radius 3 is 2.67 bits per heavy atom. The number of ether oxygens (including phenoxy) is 4. The summed E-state index contributed by atoms with van der Waals surface area (Å²) in [5.41, 5.74) is 1.12. The van der Waals surface area contributed by atoms with Gasteiger partial charge in [-0.3, -0.25) is 9.36 Å². The number of benzene rings is 1. The maximum atomic E-state index is 13.1. The highest BCUT2D eigenvalue weighted by Gasteiger charge is 2.11. The number of rotatable bonds is 8. The van der Waals surface area contributed by atoms with Crippen LogP contribution >= 0.6 is 0 Å². The zero-order chi connectivity index (χ0) is 21.5. The van der Waals surface area contributed by atoms with Crippen LogP contribution in [0.4, 0.5) is 4.39 Å². The Kier molecular flexibility index (Phi) is 6.90. The molecule has 0 radical (unpaired) electrons. The number of carbonyl (C=O) groups is 1. The minimum Gasteiger partial charge on any atom is -0.493 e. The number of hydrogen-bond donors (Lipinski definition) is 0. The van der Waals surface area contributed by atoms with E-state index in [-0.39, 0.29) is 18.8 Å². The van der Waals surface area contributed by atoms with Gasteiger partial charge in [-0.15, -0.1) is 0 Å². The average molecular weight is 415 g/mol. The molecule has 0 aliphatic heterocycles. The molecule has 1 unspecified atom stereocenters. The fourth-order valence-corrected chi connectivity index (χ4v) is 2.80. The van der Waals surface area contributed by atoms with Gasteiger partial charge in [0.1, 0.15) is 18.5 Å². The van der Waals surface area contributed by atoms with Crippen LogP contribution in [0.15, 0.2) is 65.1 Å². The van der Waals surface area contributed by atoms with Gasteiger partial charge in [0.15, 0.2) is 18.1 Å². The molecule has 0 N–H and O–H groups in total. The molecule has 2 aromatic rings. The van der Waals surface area contributed by atoms with Crippen LogP contribution in [-0.2, 0) is 9.53 Å². The molecule has 3 rings (SSSR count). The van der Waals surface area contributed by atoms with Crippen LogP contribution in [0.2, 0.25) is 0 Å². The third kappa shape index (κ3) is 5.28. The van der Waals surface area contributed by atoms with E-state index in [2.05, 4.69) is 4.74 Å². The molecule has 1 aromatic carbocycles. The smallest absolute Gasteiger partial charge is 0.343 e. The summed E-state index contributed by atoms with van der Waals surface area (Å²) in [6.45, 7) is 0.00251. The zero-order valence-corrected chi connectivity index (χ0v) is 16.7. The number of nitrogens with zero attached hydrogens (tertiary/aromatic N) is 1. The van der Waals surface area contributed by atoms with Crippen LogP contribution in [0.25, 0.3) is 5.69 Å². The molecule has 1 aromatic heterocycles. The van der Waals surface area contributed by atoms with E-state index in [4.69, 9.17) is 14.2 Å². The lowest BCUT2D eigenvalue weighted by atomic mass is 10.1. The first-order valence-electron chi connectivity index (χ1n) is 9.25. The fourth-order valence-electron chi connectivity index (χ4n) is 2.80. The first-order chi connectivity index (χ1) is 14.5. The Morgan fingerprint density at radius 2 is 2.00 bits per heavy atom. The second-order valence-corrected chi connectivity index (χ2v) is 6.45. The van der Waals surface area contributed by atoms with Gasteiger partial charge in [-0.2, -0.15) is 0 Å². The van der Waals surface area contributed by atoms with Crippen LogP contribution in [0.3, 0.4) is 0 Å². The summed E-state index contributed by atoms with van der Waals surface area (Å²) in [6.07, 6.45) is 5.92. The van der Waals surface area contributed by atoms with E-state index in [1.807, 2.05) is 0 Å². The van der Waals surface area contributed by atoms with Crippen LogP contribution < -0.4 is 19.8 Å². The second kappa shape index (κ2) is 9.78. The summed E-state index contributed by atoms with van der Waals surface area (Å²) < 4.78 is 35.4. The normalized spacial score (nSPS) is 15.3. The lowest BCUT2D eigenvalue weighted by molar-refractivity contribution is -0.142. The molecule has 158 valence electrons. The minimum absolute atomic E-state index is 0.254. The van der Waals surface area contributed by atoms with Crippen molar-refractivity contribution >= 4 is 5.97 Å². The third-order valence-corrected chi connectivity index (χ3v) is 4.42. The highest BCUT2D eigenvalue weighted by Crippen LogP contribution is 2.29. The van der Waals surface area contributed by atoms with E-state index < -0.39 is 12.1 Å².